The van der Waals surface area contributed by atoms with Crippen LogP contribution in [0.1, 0.15) is 19.4 Å². The fraction of sp³-hybridized carbons (Fsp3) is 0.417. The van der Waals surface area contributed by atoms with Gasteiger partial charge in [-0.25, -0.2) is 4.98 Å². The zero-order chi connectivity index (χ0) is 12.0. The van der Waals surface area contributed by atoms with E-state index in [4.69, 9.17) is 16.3 Å². The fourth-order valence-corrected chi connectivity index (χ4v) is 1.37. The molecule has 0 aromatic carbocycles. The van der Waals surface area contributed by atoms with Gasteiger partial charge in [-0.15, -0.1) is 0 Å². The van der Waals surface area contributed by atoms with Crippen molar-refractivity contribution in [3.05, 3.63) is 35.5 Å². The molecule has 0 bridgehead atoms. The number of pyridine rings is 1. The molecule has 0 saturated carbocycles. The van der Waals surface area contributed by atoms with Crippen LogP contribution in [0.3, 0.4) is 0 Å². The van der Waals surface area contributed by atoms with E-state index in [1.54, 1.807) is 12.3 Å². The van der Waals surface area contributed by atoms with Gasteiger partial charge in [-0.3, -0.25) is 0 Å². The maximum absolute atomic E-state index is 6.03. The fourth-order valence-electron chi connectivity index (χ4n) is 1.13. The van der Waals surface area contributed by atoms with Crippen molar-refractivity contribution in [1.82, 2.24) is 10.3 Å². The van der Waals surface area contributed by atoms with Crippen LogP contribution in [0.15, 0.2) is 24.9 Å². The quantitative estimate of drug-likeness (QED) is 0.777. The average Bonchev–Trinajstić information content (AvgIpc) is 2.25. The van der Waals surface area contributed by atoms with E-state index in [9.17, 15) is 0 Å². The standard InChI is InChI=1S/C12H17ClN2O/c1-4-5-16-12-11(13)6-10(8-15-12)7-14-9(2)3/h4,6,8-9,14H,1,5,7H2,2-3H3. The molecule has 0 atom stereocenters. The lowest BCUT2D eigenvalue weighted by molar-refractivity contribution is 0.348. The molecule has 1 aromatic heterocycles. The maximum Gasteiger partial charge on any atom is 0.232 e. The van der Waals surface area contributed by atoms with Gasteiger partial charge in [0.15, 0.2) is 0 Å². The molecule has 3 nitrogen and oxygen atoms in total. The van der Waals surface area contributed by atoms with Crippen LogP contribution < -0.4 is 10.1 Å². The minimum atomic E-state index is 0.413. The molecule has 1 rings (SSSR count). The summed E-state index contributed by atoms with van der Waals surface area (Å²) in [6, 6.07) is 2.30. The highest BCUT2D eigenvalue weighted by atomic mass is 35.5. The van der Waals surface area contributed by atoms with Crippen LogP contribution in [0.25, 0.3) is 0 Å². The number of nitrogens with zero attached hydrogens (tertiary/aromatic N) is 1. The van der Waals surface area contributed by atoms with E-state index in [1.807, 2.05) is 6.07 Å². The van der Waals surface area contributed by atoms with Crippen LogP contribution in [0.2, 0.25) is 5.02 Å². The lowest BCUT2D eigenvalue weighted by Crippen LogP contribution is -2.21. The first-order valence-corrected chi connectivity index (χ1v) is 5.62. The molecule has 0 aliphatic heterocycles. The second-order valence-corrected chi connectivity index (χ2v) is 4.17. The van der Waals surface area contributed by atoms with Gasteiger partial charge in [0.2, 0.25) is 5.88 Å². The Morgan fingerprint density at radius 1 is 1.62 bits per heavy atom. The van der Waals surface area contributed by atoms with E-state index in [0.29, 0.717) is 23.6 Å². The van der Waals surface area contributed by atoms with E-state index in [2.05, 4.69) is 30.7 Å². The van der Waals surface area contributed by atoms with Gasteiger partial charge in [0.1, 0.15) is 11.6 Å². The lowest BCUT2D eigenvalue weighted by Gasteiger charge is -2.09. The van der Waals surface area contributed by atoms with Crippen LogP contribution >= 0.6 is 11.6 Å². The number of hydrogen-bond donors (Lipinski definition) is 1. The summed E-state index contributed by atoms with van der Waals surface area (Å²) >= 11 is 6.03. The summed E-state index contributed by atoms with van der Waals surface area (Å²) in [6.45, 7) is 8.92. The third-order valence-electron chi connectivity index (χ3n) is 1.92. The van der Waals surface area contributed by atoms with Crippen LogP contribution in [-0.2, 0) is 6.54 Å². The number of ether oxygens (including phenoxy) is 1. The maximum atomic E-state index is 6.03. The SMILES string of the molecule is C=CCOc1ncc(CNC(C)C)cc1Cl. The van der Waals surface area contributed by atoms with Crippen molar-refractivity contribution in [2.45, 2.75) is 26.4 Å². The number of rotatable bonds is 6. The first-order valence-electron chi connectivity index (χ1n) is 5.25. The van der Waals surface area contributed by atoms with Crippen molar-refractivity contribution >= 4 is 11.6 Å². The highest BCUT2D eigenvalue weighted by Crippen LogP contribution is 2.22. The molecule has 1 aromatic rings. The summed E-state index contributed by atoms with van der Waals surface area (Å²) < 4.78 is 5.29. The Morgan fingerprint density at radius 2 is 2.38 bits per heavy atom. The Bertz CT molecular complexity index is 353. The van der Waals surface area contributed by atoms with Crippen LogP contribution in [-0.4, -0.2) is 17.6 Å². The van der Waals surface area contributed by atoms with Gasteiger partial charge >= 0.3 is 0 Å². The first kappa shape index (κ1) is 13.0. The van der Waals surface area contributed by atoms with E-state index in [-0.39, 0.29) is 0 Å². The lowest BCUT2D eigenvalue weighted by atomic mass is 10.2. The number of nitrogens with one attached hydrogen (secondary N) is 1. The normalized spacial score (nSPS) is 10.5. The summed E-state index contributed by atoms with van der Waals surface area (Å²) in [4.78, 5) is 4.15. The van der Waals surface area contributed by atoms with Crippen LogP contribution in [0.5, 0.6) is 5.88 Å². The number of halogens is 1. The van der Waals surface area contributed by atoms with Crippen LogP contribution in [0, 0.1) is 0 Å². The Morgan fingerprint density at radius 3 is 2.94 bits per heavy atom. The summed E-state index contributed by atoms with van der Waals surface area (Å²) in [6.07, 6.45) is 3.42. The monoisotopic (exact) mass is 240 g/mol. The van der Waals surface area contributed by atoms with Gasteiger partial charge in [-0.2, -0.15) is 0 Å². The van der Waals surface area contributed by atoms with E-state index in [0.717, 1.165) is 12.1 Å². The molecule has 0 aliphatic carbocycles. The van der Waals surface area contributed by atoms with Gasteiger partial charge < -0.3 is 10.1 Å². The van der Waals surface area contributed by atoms with Crippen molar-refractivity contribution in [2.75, 3.05) is 6.61 Å². The Kier molecular flexibility index (Phi) is 5.29. The minimum absolute atomic E-state index is 0.413. The Labute approximate surface area is 101 Å². The zero-order valence-corrected chi connectivity index (χ0v) is 10.4. The molecule has 0 spiro atoms. The van der Waals surface area contributed by atoms with Crippen LogP contribution in [0.4, 0.5) is 0 Å². The second kappa shape index (κ2) is 6.51. The number of aromatic nitrogens is 1. The highest BCUT2D eigenvalue weighted by molar-refractivity contribution is 6.31. The largest absolute Gasteiger partial charge is 0.472 e. The predicted molar refractivity (Wildman–Crippen MR) is 66.9 cm³/mol. The smallest absolute Gasteiger partial charge is 0.232 e. The molecular weight excluding hydrogens is 224 g/mol. The molecule has 0 fully saturated rings. The average molecular weight is 241 g/mol. The van der Waals surface area contributed by atoms with Crippen molar-refractivity contribution in [3.63, 3.8) is 0 Å². The molecule has 1 N–H and O–H groups in total. The molecular formula is C12H17ClN2O. The molecule has 0 radical (unpaired) electrons. The van der Waals surface area contributed by atoms with Gasteiger partial charge in [-0.1, -0.05) is 38.1 Å². The Balaban J connectivity index is 2.63. The van der Waals surface area contributed by atoms with Crippen molar-refractivity contribution < 1.29 is 4.74 Å². The first-order chi connectivity index (χ1) is 7.63. The highest BCUT2D eigenvalue weighted by Gasteiger charge is 2.04. The second-order valence-electron chi connectivity index (χ2n) is 3.77. The molecule has 1 heterocycles. The third kappa shape index (κ3) is 4.21. The molecule has 88 valence electrons. The summed E-state index contributed by atoms with van der Waals surface area (Å²) in [7, 11) is 0. The minimum Gasteiger partial charge on any atom is -0.472 e. The molecule has 0 amide bonds. The molecule has 16 heavy (non-hydrogen) atoms. The van der Waals surface area contributed by atoms with Gasteiger partial charge in [-0.05, 0) is 11.6 Å². The molecule has 0 aliphatic rings. The van der Waals surface area contributed by atoms with E-state index >= 15 is 0 Å². The topological polar surface area (TPSA) is 34.1 Å². The van der Waals surface area contributed by atoms with Gasteiger partial charge in [0.25, 0.3) is 0 Å². The third-order valence-corrected chi connectivity index (χ3v) is 2.19. The van der Waals surface area contributed by atoms with Crippen molar-refractivity contribution in [3.8, 4) is 5.88 Å². The molecule has 0 unspecified atom stereocenters. The molecule has 0 saturated heterocycles. The predicted octanol–water partition coefficient (Wildman–Crippen LogP) is 2.80. The molecule has 4 heteroatoms. The van der Waals surface area contributed by atoms with E-state index in [1.165, 1.54) is 0 Å². The van der Waals surface area contributed by atoms with Gasteiger partial charge in [0, 0.05) is 18.8 Å². The van der Waals surface area contributed by atoms with Crippen molar-refractivity contribution in [1.29, 1.82) is 0 Å². The number of hydrogen-bond acceptors (Lipinski definition) is 3. The van der Waals surface area contributed by atoms with E-state index < -0.39 is 0 Å². The summed E-state index contributed by atoms with van der Waals surface area (Å²) in [5.74, 6) is 0.454. The summed E-state index contributed by atoms with van der Waals surface area (Å²) in [5, 5.41) is 3.83. The van der Waals surface area contributed by atoms with Gasteiger partial charge in [0.05, 0.1) is 0 Å². The summed E-state index contributed by atoms with van der Waals surface area (Å²) in [5.41, 5.74) is 1.05. The zero-order valence-electron chi connectivity index (χ0n) is 9.66. The Hall–Kier alpha value is -1.06. The van der Waals surface area contributed by atoms with Crippen molar-refractivity contribution in [2.24, 2.45) is 0 Å².